The predicted octanol–water partition coefficient (Wildman–Crippen LogP) is 2.76. The molecule has 0 saturated carbocycles. The van der Waals surface area contributed by atoms with E-state index >= 15 is 0 Å². The van der Waals surface area contributed by atoms with Gasteiger partial charge in [0.25, 0.3) is 0 Å². The van der Waals surface area contributed by atoms with Crippen LogP contribution in [0.15, 0.2) is 18.2 Å². The highest BCUT2D eigenvalue weighted by molar-refractivity contribution is 5.92. The Hall–Kier alpha value is -2.28. The van der Waals surface area contributed by atoms with Crippen LogP contribution in [0.25, 0.3) is 0 Å². The number of methoxy groups -OCH3 is 1. The molecule has 1 amide bonds. The lowest BCUT2D eigenvalue weighted by atomic mass is 10.2. The molecule has 22 heavy (non-hydrogen) atoms. The van der Waals surface area contributed by atoms with Gasteiger partial charge < -0.3 is 19.3 Å². The largest absolute Gasteiger partial charge is 0.489 e. The number of benzene rings is 1. The van der Waals surface area contributed by atoms with Gasteiger partial charge in [-0.3, -0.25) is 5.32 Å². The van der Waals surface area contributed by atoms with Gasteiger partial charge >= 0.3 is 12.1 Å². The maximum Gasteiger partial charge on any atom is 0.412 e. The third-order valence-corrected chi connectivity index (χ3v) is 2.41. The number of carboxylic acid groups (broad SMARTS) is 1. The number of nitrogens with one attached hydrogen (secondary N) is 1. The SMILES string of the molecule is COCCOc1cc(C(=O)O)ccc1NC(=O)OC(C)(C)C. The van der Waals surface area contributed by atoms with Gasteiger partial charge in [-0.1, -0.05) is 0 Å². The molecule has 0 aliphatic carbocycles. The van der Waals surface area contributed by atoms with E-state index in [-0.39, 0.29) is 17.9 Å². The molecule has 2 N–H and O–H groups in total. The third kappa shape index (κ3) is 6.01. The summed E-state index contributed by atoms with van der Waals surface area (Å²) in [6, 6.07) is 4.17. The molecule has 0 unspecified atom stereocenters. The number of ether oxygens (including phenoxy) is 3. The smallest absolute Gasteiger partial charge is 0.412 e. The number of carboxylic acids is 1. The van der Waals surface area contributed by atoms with E-state index in [1.807, 2.05) is 0 Å². The number of anilines is 1. The zero-order valence-corrected chi connectivity index (χ0v) is 13.1. The normalized spacial score (nSPS) is 10.9. The Morgan fingerprint density at radius 1 is 1.23 bits per heavy atom. The molecule has 7 nitrogen and oxygen atoms in total. The van der Waals surface area contributed by atoms with E-state index in [0.29, 0.717) is 12.3 Å². The molecule has 0 spiro atoms. The molecule has 1 aromatic carbocycles. The number of amides is 1. The molecule has 0 atom stereocenters. The molecule has 0 saturated heterocycles. The molecule has 0 fully saturated rings. The summed E-state index contributed by atoms with van der Waals surface area (Å²) in [5.41, 5.74) is -0.250. The Morgan fingerprint density at radius 2 is 1.91 bits per heavy atom. The van der Waals surface area contributed by atoms with E-state index in [2.05, 4.69) is 5.32 Å². The van der Waals surface area contributed by atoms with Crippen molar-refractivity contribution in [3.8, 4) is 5.75 Å². The number of rotatable bonds is 6. The van der Waals surface area contributed by atoms with Crippen LogP contribution in [-0.2, 0) is 9.47 Å². The lowest BCUT2D eigenvalue weighted by Crippen LogP contribution is -2.27. The fraction of sp³-hybridized carbons (Fsp3) is 0.467. The second-order valence-electron chi connectivity index (χ2n) is 5.48. The second-order valence-corrected chi connectivity index (χ2v) is 5.48. The molecule has 0 aliphatic heterocycles. The molecule has 0 aliphatic rings. The molecule has 122 valence electrons. The summed E-state index contributed by atoms with van der Waals surface area (Å²) in [6.07, 6.45) is -0.646. The number of hydrogen-bond acceptors (Lipinski definition) is 5. The molecule has 0 heterocycles. The first-order valence-corrected chi connectivity index (χ1v) is 6.72. The summed E-state index contributed by atoms with van der Waals surface area (Å²) in [5.74, 6) is -0.844. The van der Waals surface area contributed by atoms with Crippen LogP contribution in [0.2, 0.25) is 0 Å². The third-order valence-electron chi connectivity index (χ3n) is 2.41. The van der Waals surface area contributed by atoms with Crippen molar-refractivity contribution in [2.24, 2.45) is 0 Å². The average Bonchev–Trinajstić information content (AvgIpc) is 2.38. The van der Waals surface area contributed by atoms with Gasteiger partial charge in [-0.2, -0.15) is 0 Å². The van der Waals surface area contributed by atoms with Crippen molar-refractivity contribution in [2.75, 3.05) is 25.6 Å². The van der Waals surface area contributed by atoms with Gasteiger partial charge in [-0.05, 0) is 39.0 Å². The second kappa shape index (κ2) is 7.65. The topological polar surface area (TPSA) is 94.1 Å². The number of carbonyl (C=O) groups excluding carboxylic acids is 1. The monoisotopic (exact) mass is 311 g/mol. The van der Waals surface area contributed by atoms with E-state index in [4.69, 9.17) is 19.3 Å². The maximum absolute atomic E-state index is 11.8. The van der Waals surface area contributed by atoms with Crippen LogP contribution < -0.4 is 10.1 Å². The van der Waals surface area contributed by atoms with E-state index < -0.39 is 17.7 Å². The molecule has 1 rings (SSSR count). The Bertz CT molecular complexity index is 535. The minimum Gasteiger partial charge on any atom is -0.489 e. The van der Waals surface area contributed by atoms with Crippen LogP contribution in [-0.4, -0.2) is 43.1 Å². The van der Waals surface area contributed by atoms with Crippen molar-refractivity contribution in [1.82, 2.24) is 0 Å². The molecule has 7 heteroatoms. The number of hydrogen-bond donors (Lipinski definition) is 2. The fourth-order valence-corrected chi connectivity index (χ4v) is 1.53. The highest BCUT2D eigenvalue weighted by Gasteiger charge is 2.18. The zero-order valence-electron chi connectivity index (χ0n) is 13.1. The highest BCUT2D eigenvalue weighted by Crippen LogP contribution is 2.26. The lowest BCUT2D eigenvalue weighted by molar-refractivity contribution is 0.0634. The van der Waals surface area contributed by atoms with Gasteiger partial charge in [0.05, 0.1) is 17.9 Å². The Labute approximate surface area is 129 Å². The Balaban J connectivity index is 2.91. The van der Waals surface area contributed by atoms with Crippen molar-refractivity contribution >= 4 is 17.7 Å². The molecule has 0 aromatic heterocycles. The summed E-state index contributed by atoms with van der Waals surface area (Å²) < 4.78 is 15.5. The van der Waals surface area contributed by atoms with Gasteiger partial charge in [-0.25, -0.2) is 9.59 Å². The fourth-order valence-electron chi connectivity index (χ4n) is 1.53. The van der Waals surface area contributed by atoms with Gasteiger partial charge in [0.1, 0.15) is 18.0 Å². The molecule has 0 radical (unpaired) electrons. The zero-order chi connectivity index (χ0) is 16.8. The predicted molar refractivity (Wildman–Crippen MR) is 80.6 cm³/mol. The Morgan fingerprint density at radius 3 is 2.45 bits per heavy atom. The molecule has 1 aromatic rings. The summed E-state index contributed by atoms with van der Waals surface area (Å²) in [6.45, 7) is 5.80. The minimum atomic E-state index is -1.08. The van der Waals surface area contributed by atoms with Crippen molar-refractivity contribution in [3.05, 3.63) is 23.8 Å². The quantitative estimate of drug-likeness (QED) is 0.785. The first-order chi connectivity index (χ1) is 10.2. The van der Waals surface area contributed by atoms with Gasteiger partial charge in [-0.15, -0.1) is 0 Å². The number of aromatic carboxylic acids is 1. The lowest BCUT2D eigenvalue weighted by Gasteiger charge is -2.20. The standard InChI is InChI=1S/C15H21NO6/c1-15(2,3)22-14(19)16-11-6-5-10(13(17)18)9-12(11)21-8-7-20-4/h5-6,9H,7-8H2,1-4H3,(H,16,19)(H,17,18). The van der Waals surface area contributed by atoms with Crippen LogP contribution in [0.3, 0.4) is 0 Å². The first-order valence-electron chi connectivity index (χ1n) is 6.72. The van der Waals surface area contributed by atoms with Gasteiger partial charge in [0.2, 0.25) is 0 Å². The summed E-state index contributed by atoms with van der Waals surface area (Å²) in [7, 11) is 1.52. The summed E-state index contributed by atoms with van der Waals surface area (Å²) in [4.78, 5) is 22.8. The van der Waals surface area contributed by atoms with E-state index in [0.717, 1.165) is 0 Å². The first kappa shape index (κ1) is 17.8. The van der Waals surface area contributed by atoms with Crippen molar-refractivity contribution in [3.63, 3.8) is 0 Å². The van der Waals surface area contributed by atoms with Crippen LogP contribution in [0.5, 0.6) is 5.75 Å². The number of carbonyl (C=O) groups is 2. The van der Waals surface area contributed by atoms with Crippen molar-refractivity contribution in [1.29, 1.82) is 0 Å². The Kier molecular flexibility index (Phi) is 6.18. The van der Waals surface area contributed by atoms with Crippen molar-refractivity contribution < 1.29 is 28.9 Å². The van der Waals surface area contributed by atoms with E-state index in [1.165, 1.54) is 25.3 Å². The van der Waals surface area contributed by atoms with Gasteiger partial charge in [0, 0.05) is 7.11 Å². The molecular formula is C15H21NO6. The van der Waals surface area contributed by atoms with E-state index in [1.54, 1.807) is 20.8 Å². The van der Waals surface area contributed by atoms with Crippen LogP contribution >= 0.6 is 0 Å². The van der Waals surface area contributed by atoms with E-state index in [9.17, 15) is 9.59 Å². The highest BCUT2D eigenvalue weighted by atomic mass is 16.6. The minimum absolute atomic E-state index is 0.0576. The summed E-state index contributed by atoms with van der Waals surface area (Å²) in [5, 5.41) is 11.6. The van der Waals surface area contributed by atoms with Gasteiger partial charge in [0.15, 0.2) is 0 Å². The van der Waals surface area contributed by atoms with Crippen LogP contribution in [0.1, 0.15) is 31.1 Å². The van der Waals surface area contributed by atoms with Crippen molar-refractivity contribution in [2.45, 2.75) is 26.4 Å². The van der Waals surface area contributed by atoms with Crippen LogP contribution in [0.4, 0.5) is 10.5 Å². The molecule has 0 bridgehead atoms. The van der Waals surface area contributed by atoms with Crippen LogP contribution in [0, 0.1) is 0 Å². The summed E-state index contributed by atoms with van der Waals surface area (Å²) >= 11 is 0. The average molecular weight is 311 g/mol. The maximum atomic E-state index is 11.8. The molecular weight excluding hydrogens is 290 g/mol.